The summed E-state index contributed by atoms with van der Waals surface area (Å²) in [5.74, 6) is 0.0845. The maximum atomic E-state index is 12.4. The van der Waals surface area contributed by atoms with Crippen LogP contribution < -0.4 is 11.1 Å². The molecule has 22 heavy (non-hydrogen) atoms. The monoisotopic (exact) mass is 303 g/mol. The Balaban J connectivity index is 1.85. The molecular weight excluding hydrogens is 274 g/mol. The molecule has 1 aromatic carbocycles. The summed E-state index contributed by atoms with van der Waals surface area (Å²) >= 11 is 0. The van der Waals surface area contributed by atoms with Crippen LogP contribution in [0.4, 0.5) is 5.69 Å². The van der Waals surface area contributed by atoms with Crippen molar-refractivity contribution in [3.63, 3.8) is 0 Å². The van der Waals surface area contributed by atoms with Gasteiger partial charge in [0.1, 0.15) is 0 Å². The van der Waals surface area contributed by atoms with Crippen molar-refractivity contribution >= 4 is 11.6 Å². The van der Waals surface area contributed by atoms with Crippen molar-refractivity contribution in [1.29, 1.82) is 0 Å². The normalized spacial score (nSPS) is 18.1. The van der Waals surface area contributed by atoms with Crippen LogP contribution in [-0.4, -0.2) is 36.0 Å². The van der Waals surface area contributed by atoms with Crippen LogP contribution in [0.5, 0.6) is 0 Å². The van der Waals surface area contributed by atoms with Crippen molar-refractivity contribution in [1.82, 2.24) is 4.90 Å². The fourth-order valence-electron chi connectivity index (χ4n) is 2.70. The van der Waals surface area contributed by atoms with Gasteiger partial charge in [0.2, 0.25) is 5.91 Å². The molecule has 4 heteroatoms. The van der Waals surface area contributed by atoms with E-state index < -0.39 is 6.04 Å². The highest BCUT2D eigenvalue weighted by atomic mass is 16.2. The van der Waals surface area contributed by atoms with Gasteiger partial charge in [0.05, 0.1) is 6.04 Å². The Morgan fingerprint density at radius 3 is 2.27 bits per heavy atom. The average Bonchev–Trinajstić information content (AvgIpc) is 2.48. The molecule has 1 aliphatic rings. The number of piperidine rings is 1. The molecule has 122 valence electrons. The van der Waals surface area contributed by atoms with Crippen molar-refractivity contribution in [2.75, 3.05) is 18.4 Å². The number of hydrogen-bond donors (Lipinski definition) is 2. The maximum absolute atomic E-state index is 12.4. The van der Waals surface area contributed by atoms with Gasteiger partial charge >= 0.3 is 0 Å². The highest BCUT2D eigenvalue weighted by Crippen LogP contribution is 2.22. The maximum Gasteiger partial charge on any atom is 0.240 e. The van der Waals surface area contributed by atoms with Crippen LogP contribution in [-0.2, 0) is 4.79 Å². The van der Waals surface area contributed by atoms with Gasteiger partial charge in [-0.05, 0) is 37.3 Å². The minimum absolute atomic E-state index is 0.0845. The molecule has 0 aromatic heterocycles. The topological polar surface area (TPSA) is 58.4 Å². The smallest absolute Gasteiger partial charge is 0.240 e. The summed E-state index contributed by atoms with van der Waals surface area (Å²) in [6.07, 6.45) is 1.94. The predicted octanol–water partition coefficient (Wildman–Crippen LogP) is 2.77. The average molecular weight is 303 g/mol. The Morgan fingerprint density at radius 1 is 1.23 bits per heavy atom. The van der Waals surface area contributed by atoms with E-state index in [1.54, 1.807) is 0 Å². The van der Waals surface area contributed by atoms with E-state index in [9.17, 15) is 4.79 Å². The zero-order valence-corrected chi connectivity index (χ0v) is 14.2. The summed E-state index contributed by atoms with van der Waals surface area (Å²) in [6, 6.07) is 8.46. The van der Waals surface area contributed by atoms with Gasteiger partial charge in [-0.15, -0.1) is 0 Å². The fraction of sp³-hybridized carbons (Fsp3) is 0.611. The zero-order valence-electron chi connectivity index (χ0n) is 14.2. The number of hydrogen-bond acceptors (Lipinski definition) is 3. The molecule has 2 rings (SSSR count). The molecule has 0 aliphatic carbocycles. The second-order valence-corrected chi connectivity index (χ2v) is 7.45. The quantitative estimate of drug-likeness (QED) is 0.902. The zero-order chi connectivity index (χ0) is 16.3. The van der Waals surface area contributed by atoms with Crippen LogP contribution in [0.15, 0.2) is 24.3 Å². The highest BCUT2D eigenvalue weighted by Gasteiger charge is 2.32. The van der Waals surface area contributed by atoms with Crippen molar-refractivity contribution in [3.05, 3.63) is 29.8 Å². The highest BCUT2D eigenvalue weighted by molar-refractivity contribution is 5.82. The summed E-state index contributed by atoms with van der Waals surface area (Å²) in [4.78, 5) is 14.3. The Bertz CT molecular complexity index is 496. The number of aryl methyl sites for hydroxylation is 1. The van der Waals surface area contributed by atoms with Gasteiger partial charge in [-0.2, -0.15) is 0 Å². The second kappa shape index (κ2) is 6.69. The van der Waals surface area contributed by atoms with E-state index in [1.165, 1.54) is 5.56 Å². The van der Waals surface area contributed by atoms with E-state index in [4.69, 9.17) is 5.73 Å². The van der Waals surface area contributed by atoms with Gasteiger partial charge in [0.15, 0.2) is 0 Å². The molecule has 0 saturated carbocycles. The first-order valence-corrected chi connectivity index (χ1v) is 8.15. The molecule has 0 bridgehead atoms. The lowest BCUT2D eigenvalue weighted by Gasteiger charge is -2.37. The largest absolute Gasteiger partial charge is 0.382 e. The Kier molecular flexibility index (Phi) is 5.12. The first kappa shape index (κ1) is 16.8. The van der Waals surface area contributed by atoms with E-state index in [2.05, 4.69) is 36.5 Å². The number of carbonyl (C=O) groups excluding carboxylic acids is 1. The van der Waals surface area contributed by atoms with Gasteiger partial charge < -0.3 is 16.0 Å². The molecule has 1 aliphatic heterocycles. The second-order valence-electron chi connectivity index (χ2n) is 7.45. The summed E-state index contributed by atoms with van der Waals surface area (Å²) in [5.41, 5.74) is 8.32. The van der Waals surface area contributed by atoms with Crippen molar-refractivity contribution in [2.45, 2.75) is 52.6 Å². The fourth-order valence-corrected chi connectivity index (χ4v) is 2.70. The number of rotatable bonds is 3. The Hall–Kier alpha value is -1.55. The Labute approximate surface area is 134 Å². The molecule has 3 N–H and O–H groups in total. The molecule has 1 amide bonds. The standard InChI is InChI=1S/C18H29N3O/c1-13-5-7-14(8-6-13)20-15-9-11-21(12-10-15)17(22)16(19)18(2,3)4/h5-8,15-16,20H,9-12,19H2,1-4H3/t16-/m1/s1. The van der Waals surface area contributed by atoms with Gasteiger partial charge in [0, 0.05) is 24.8 Å². The van der Waals surface area contributed by atoms with Crippen molar-refractivity contribution in [3.8, 4) is 0 Å². The minimum Gasteiger partial charge on any atom is -0.382 e. The molecule has 1 aromatic rings. The van der Waals surface area contributed by atoms with Crippen LogP contribution in [0, 0.1) is 12.3 Å². The molecule has 1 atom stereocenters. The third-order valence-corrected chi connectivity index (χ3v) is 4.43. The number of carbonyl (C=O) groups is 1. The van der Waals surface area contributed by atoms with Crippen LogP contribution >= 0.6 is 0 Å². The summed E-state index contributed by atoms with van der Waals surface area (Å²) in [6.45, 7) is 9.70. The third kappa shape index (κ3) is 4.23. The van der Waals surface area contributed by atoms with Crippen molar-refractivity contribution in [2.24, 2.45) is 11.1 Å². The first-order valence-electron chi connectivity index (χ1n) is 8.15. The lowest BCUT2D eigenvalue weighted by atomic mass is 9.86. The number of nitrogens with one attached hydrogen (secondary N) is 1. The van der Waals surface area contributed by atoms with Crippen LogP contribution in [0.25, 0.3) is 0 Å². The molecule has 4 nitrogen and oxygen atoms in total. The SMILES string of the molecule is Cc1ccc(NC2CCN(C(=O)[C@@H](N)C(C)(C)C)CC2)cc1. The third-order valence-electron chi connectivity index (χ3n) is 4.43. The Morgan fingerprint density at radius 2 is 1.77 bits per heavy atom. The molecular formula is C18H29N3O. The molecule has 1 fully saturated rings. The van der Waals surface area contributed by atoms with Gasteiger partial charge in [-0.25, -0.2) is 0 Å². The number of amides is 1. The number of anilines is 1. The lowest BCUT2D eigenvalue weighted by molar-refractivity contribution is -0.135. The molecule has 0 unspecified atom stereocenters. The lowest BCUT2D eigenvalue weighted by Crippen LogP contribution is -2.53. The van der Waals surface area contributed by atoms with E-state index in [1.807, 2.05) is 25.7 Å². The number of nitrogens with zero attached hydrogens (tertiary/aromatic N) is 1. The van der Waals surface area contributed by atoms with Crippen LogP contribution in [0.3, 0.4) is 0 Å². The summed E-state index contributed by atoms with van der Waals surface area (Å²) < 4.78 is 0. The minimum atomic E-state index is -0.422. The molecule has 1 heterocycles. The predicted molar refractivity (Wildman–Crippen MR) is 91.8 cm³/mol. The molecule has 1 saturated heterocycles. The van der Waals surface area contributed by atoms with Gasteiger partial charge in [-0.3, -0.25) is 4.79 Å². The molecule has 0 radical (unpaired) electrons. The van der Waals surface area contributed by atoms with E-state index in [0.29, 0.717) is 6.04 Å². The number of nitrogens with two attached hydrogens (primary N) is 1. The van der Waals surface area contributed by atoms with Gasteiger partial charge in [-0.1, -0.05) is 38.5 Å². The van der Waals surface area contributed by atoms with Gasteiger partial charge in [0.25, 0.3) is 0 Å². The van der Waals surface area contributed by atoms with Crippen molar-refractivity contribution < 1.29 is 4.79 Å². The van der Waals surface area contributed by atoms with E-state index in [-0.39, 0.29) is 11.3 Å². The van der Waals surface area contributed by atoms with Crippen LogP contribution in [0.2, 0.25) is 0 Å². The number of benzene rings is 1. The first-order chi connectivity index (χ1) is 10.3. The summed E-state index contributed by atoms with van der Waals surface area (Å²) in [5, 5.41) is 3.56. The molecule has 0 spiro atoms. The number of likely N-dealkylation sites (tertiary alicyclic amines) is 1. The van der Waals surface area contributed by atoms with Crippen LogP contribution in [0.1, 0.15) is 39.2 Å². The summed E-state index contributed by atoms with van der Waals surface area (Å²) in [7, 11) is 0. The van der Waals surface area contributed by atoms with E-state index >= 15 is 0 Å². The van der Waals surface area contributed by atoms with E-state index in [0.717, 1.165) is 31.6 Å².